The van der Waals surface area contributed by atoms with E-state index < -0.39 is 5.97 Å². The summed E-state index contributed by atoms with van der Waals surface area (Å²) in [5.74, 6) is -0.472. The van der Waals surface area contributed by atoms with E-state index in [0.717, 1.165) is 16.2 Å². The van der Waals surface area contributed by atoms with Gasteiger partial charge in [-0.2, -0.15) is 4.98 Å². The lowest BCUT2D eigenvalue weighted by Gasteiger charge is -2.06. The Bertz CT molecular complexity index is 671. The van der Waals surface area contributed by atoms with Crippen molar-refractivity contribution in [1.29, 1.82) is 0 Å². The first kappa shape index (κ1) is 14.9. The molecule has 0 saturated heterocycles. The van der Waals surface area contributed by atoms with Crippen LogP contribution in [0, 0.1) is 0 Å². The van der Waals surface area contributed by atoms with Crippen LogP contribution in [0.25, 0.3) is 11.2 Å². The molecule has 2 aromatic heterocycles. The summed E-state index contributed by atoms with van der Waals surface area (Å²) in [5, 5.41) is 9.37. The van der Waals surface area contributed by atoms with Crippen molar-refractivity contribution in [2.24, 2.45) is 0 Å². The average Bonchev–Trinajstić information content (AvgIpc) is 2.73. The third kappa shape index (κ3) is 3.31. The Kier molecular flexibility index (Phi) is 4.66. The molecule has 0 atom stereocenters. The predicted octanol–water partition coefficient (Wildman–Crippen LogP) is 2.53. The molecule has 2 heterocycles. The van der Waals surface area contributed by atoms with E-state index in [1.807, 2.05) is 4.57 Å². The predicted molar refractivity (Wildman–Crippen MR) is 80.5 cm³/mol. The van der Waals surface area contributed by atoms with Crippen LogP contribution in [0.4, 0.5) is 0 Å². The molecular weight excluding hydrogens is 346 g/mol. The number of imidazole rings is 1. The summed E-state index contributed by atoms with van der Waals surface area (Å²) in [4.78, 5) is 19.4. The van der Waals surface area contributed by atoms with Gasteiger partial charge in [-0.25, -0.2) is 4.98 Å². The number of methoxy groups -OCH3 is 1. The number of aliphatic carboxylic acids is 1. The Morgan fingerprint density at radius 3 is 2.90 bits per heavy atom. The maximum atomic E-state index is 10.7. The number of aromatic nitrogens is 3. The van der Waals surface area contributed by atoms with Gasteiger partial charge in [0.15, 0.2) is 10.8 Å². The molecule has 0 amide bonds. The Morgan fingerprint density at radius 1 is 1.55 bits per heavy atom. The van der Waals surface area contributed by atoms with Crippen LogP contribution in [0.15, 0.2) is 28.4 Å². The van der Waals surface area contributed by atoms with Gasteiger partial charge in [0.05, 0.1) is 19.4 Å². The molecule has 2 rings (SSSR count). The third-order valence-electron chi connectivity index (χ3n) is 2.40. The molecule has 0 spiro atoms. The van der Waals surface area contributed by atoms with E-state index in [4.69, 9.17) is 9.84 Å². The van der Waals surface area contributed by atoms with Gasteiger partial charge in [0.2, 0.25) is 5.88 Å². The molecule has 0 aliphatic heterocycles. The Morgan fingerprint density at radius 2 is 2.30 bits per heavy atom. The molecule has 6 nitrogen and oxygen atoms in total. The van der Waals surface area contributed by atoms with E-state index >= 15 is 0 Å². The number of hydrogen-bond acceptors (Lipinski definition) is 5. The van der Waals surface area contributed by atoms with Gasteiger partial charge in [0.25, 0.3) is 0 Å². The van der Waals surface area contributed by atoms with Gasteiger partial charge < -0.3 is 9.84 Å². The van der Waals surface area contributed by atoms with Crippen molar-refractivity contribution in [2.45, 2.75) is 11.7 Å². The van der Waals surface area contributed by atoms with Crippen LogP contribution >= 0.6 is 27.7 Å². The number of thioether (sulfide) groups is 1. The molecule has 20 heavy (non-hydrogen) atoms. The standard InChI is InChI=1S/C12H12BrN3O3S/c1-7(13)5-16-11-8(3-4-9(15-11)19-2)14-12(16)20-6-10(17)18/h3-4H,1,5-6H2,2H3,(H,17,18). The Balaban J connectivity index is 2.48. The molecule has 8 heteroatoms. The number of carboxylic acids is 1. The van der Waals surface area contributed by atoms with Crippen LogP contribution in [0.2, 0.25) is 0 Å². The molecular formula is C12H12BrN3O3S. The lowest BCUT2D eigenvalue weighted by atomic mass is 10.4. The van der Waals surface area contributed by atoms with Crippen molar-refractivity contribution < 1.29 is 14.6 Å². The van der Waals surface area contributed by atoms with Crippen LogP contribution in [0.5, 0.6) is 5.88 Å². The van der Waals surface area contributed by atoms with Crippen molar-refractivity contribution in [3.05, 3.63) is 23.2 Å². The Labute approximate surface area is 128 Å². The summed E-state index contributed by atoms with van der Waals surface area (Å²) < 4.78 is 7.66. The van der Waals surface area contributed by atoms with Crippen molar-refractivity contribution in [3.8, 4) is 5.88 Å². The maximum Gasteiger partial charge on any atom is 0.313 e. The SMILES string of the molecule is C=C(Br)Cn1c(SCC(=O)O)nc2ccc(OC)nc21. The molecule has 0 saturated carbocycles. The molecule has 0 fully saturated rings. The second-order valence-corrected chi connectivity index (χ2v) is 5.94. The lowest BCUT2D eigenvalue weighted by Crippen LogP contribution is -2.04. The molecule has 106 valence electrons. The number of ether oxygens (including phenoxy) is 1. The van der Waals surface area contributed by atoms with Crippen LogP contribution in [0.3, 0.4) is 0 Å². The number of hydrogen-bond donors (Lipinski definition) is 1. The van der Waals surface area contributed by atoms with E-state index in [0.29, 0.717) is 28.7 Å². The van der Waals surface area contributed by atoms with Crippen LogP contribution < -0.4 is 4.74 Å². The highest BCUT2D eigenvalue weighted by atomic mass is 79.9. The molecule has 0 bridgehead atoms. The van der Waals surface area contributed by atoms with Gasteiger partial charge in [-0.15, -0.1) is 0 Å². The highest BCUT2D eigenvalue weighted by Crippen LogP contribution is 2.26. The number of carboxylic acid groups (broad SMARTS) is 1. The zero-order valence-electron chi connectivity index (χ0n) is 10.7. The van der Waals surface area contributed by atoms with E-state index in [2.05, 4.69) is 32.5 Å². The fourth-order valence-electron chi connectivity index (χ4n) is 1.63. The number of carbonyl (C=O) groups is 1. The monoisotopic (exact) mass is 357 g/mol. The summed E-state index contributed by atoms with van der Waals surface area (Å²) in [6.45, 7) is 4.26. The Hall–Kier alpha value is -1.54. The van der Waals surface area contributed by atoms with Crippen molar-refractivity contribution in [1.82, 2.24) is 14.5 Å². The number of pyridine rings is 1. The smallest absolute Gasteiger partial charge is 0.313 e. The van der Waals surface area contributed by atoms with Gasteiger partial charge in [-0.1, -0.05) is 34.3 Å². The van der Waals surface area contributed by atoms with E-state index in [9.17, 15) is 4.79 Å². The number of fused-ring (bicyclic) bond motifs is 1. The topological polar surface area (TPSA) is 77.2 Å². The fraction of sp³-hybridized carbons (Fsp3) is 0.250. The third-order valence-corrected chi connectivity index (χ3v) is 3.61. The van der Waals surface area contributed by atoms with E-state index in [1.54, 1.807) is 19.2 Å². The summed E-state index contributed by atoms with van der Waals surface area (Å²) in [5.41, 5.74) is 1.32. The van der Waals surface area contributed by atoms with Crippen LogP contribution in [0.1, 0.15) is 0 Å². The van der Waals surface area contributed by atoms with Crippen LogP contribution in [-0.2, 0) is 11.3 Å². The number of allylic oxidation sites excluding steroid dienone is 1. The highest BCUT2D eigenvalue weighted by molar-refractivity contribution is 9.11. The summed E-state index contributed by atoms with van der Waals surface area (Å²) in [6, 6.07) is 3.51. The van der Waals surface area contributed by atoms with Gasteiger partial charge in [0, 0.05) is 10.5 Å². The summed E-state index contributed by atoms with van der Waals surface area (Å²) >= 11 is 4.45. The molecule has 2 aromatic rings. The van der Waals surface area contributed by atoms with Gasteiger partial charge in [-0.3, -0.25) is 9.36 Å². The largest absolute Gasteiger partial charge is 0.481 e. The number of halogens is 1. The van der Waals surface area contributed by atoms with Crippen LogP contribution in [-0.4, -0.2) is 38.5 Å². The molecule has 0 aliphatic rings. The molecule has 0 aliphatic carbocycles. The quantitative estimate of drug-likeness (QED) is 0.800. The summed E-state index contributed by atoms with van der Waals surface area (Å²) in [6.07, 6.45) is 0. The molecule has 0 radical (unpaired) electrons. The minimum absolute atomic E-state index is 0.0603. The second-order valence-electron chi connectivity index (χ2n) is 3.88. The molecule has 0 unspecified atom stereocenters. The number of rotatable bonds is 6. The first-order chi connectivity index (χ1) is 9.51. The van der Waals surface area contributed by atoms with Crippen molar-refractivity contribution in [2.75, 3.05) is 12.9 Å². The normalized spacial score (nSPS) is 10.7. The first-order valence-corrected chi connectivity index (χ1v) is 7.38. The zero-order valence-corrected chi connectivity index (χ0v) is 13.1. The van der Waals surface area contributed by atoms with E-state index in [-0.39, 0.29) is 5.75 Å². The van der Waals surface area contributed by atoms with Crippen molar-refractivity contribution in [3.63, 3.8) is 0 Å². The van der Waals surface area contributed by atoms with E-state index in [1.165, 1.54) is 0 Å². The second kappa shape index (κ2) is 6.27. The minimum Gasteiger partial charge on any atom is -0.481 e. The molecule has 1 N–H and O–H groups in total. The lowest BCUT2D eigenvalue weighted by molar-refractivity contribution is -0.133. The summed E-state index contributed by atoms with van der Waals surface area (Å²) in [7, 11) is 1.54. The first-order valence-electron chi connectivity index (χ1n) is 5.60. The number of nitrogens with zero attached hydrogens (tertiary/aromatic N) is 3. The fourth-order valence-corrected chi connectivity index (χ4v) is 2.60. The average molecular weight is 358 g/mol. The maximum absolute atomic E-state index is 10.7. The molecule has 0 aromatic carbocycles. The minimum atomic E-state index is -0.892. The zero-order chi connectivity index (χ0) is 14.7. The highest BCUT2D eigenvalue weighted by Gasteiger charge is 2.15. The van der Waals surface area contributed by atoms with Gasteiger partial charge >= 0.3 is 5.97 Å². The van der Waals surface area contributed by atoms with Gasteiger partial charge in [0.1, 0.15) is 5.52 Å². The van der Waals surface area contributed by atoms with Gasteiger partial charge in [-0.05, 0) is 6.07 Å². The van der Waals surface area contributed by atoms with Crippen molar-refractivity contribution >= 4 is 44.8 Å².